The predicted octanol–water partition coefficient (Wildman–Crippen LogP) is 4.07. The van der Waals surface area contributed by atoms with Gasteiger partial charge in [0, 0.05) is 38.8 Å². The number of hydrogen-bond donors (Lipinski definition) is 2. The Morgan fingerprint density at radius 1 is 1.30 bits per heavy atom. The Kier molecular flexibility index (Phi) is 7.30. The molecule has 5 heteroatoms. The lowest BCUT2D eigenvalue weighted by atomic mass is 9.97. The van der Waals surface area contributed by atoms with Gasteiger partial charge in [0.05, 0.1) is 0 Å². The maximum Gasteiger partial charge on any atom is 0.191 e. The van der Waals surface area contributed by atoms with Gasteiger partial charge in [0.2, 0.25) is 0 Å². The molecule has 4 nitrogen and oxygen atoms in total. The highest BCUT2D eigenvalue weighted by Gasteiger charge is 2.26. The fourth-order valence-corrected chi connectivity index (χ4v) is 4.50. The second-order valence-corrected chi connectivity index (χ2v) is 8.36. The standard InChI is InChI=1S/C22H32N4S/c1-17(20-10-12-27-16-20)14-24-22(23-3)25-21-9-11-26(18(2)13-21)15-19-7-5-4-6-8-19/h4-8,10,12,16-18,21H,9,11,13-15H2,1-3H3,(H2,23,24,25). The summed E-state index contributed by atoms with van der Waals surface area (Å²) in [5, 5.41) is 11.5. The van der Waals surface area contributed by atoms with Crippen LogP contribution in [0.5, 0.6) is 0 Å². The minimum atomic E-state index is 0.481. The van der Waals surface area contributed by atoms with Crippen molar-refractivity contribution in [1.82, 2.24) is 15.5 Å². The number of benzene rings is 1. The average molecular weight is 385 g/mol. The van der Waals surface area contributed by atoms with Gasteiger partial charge < -0.3 is 10.6 Å². The molecule has 0 amide bonds. The van der Waals surface area contributed by atoms with Gasteiger partial charge >= 0.3 is 0 Å². The lowest BCUT2D eigenvalue weighted by molar-refractivity contribution is 0.134. The monoisotopic (exact) mass is 384 g/mol. The van der Waals surface area contributed by atoms with Crippen LogP contribution in [0.15, 0.2) is 52.2 Å². The highest BCUT2D eigenvalue weighted by Crippen LogP contribution is 2.20. The third kappa shape index (κ3) is 5.81. The average Bonchev–Trinajstić information content (AvgIpc) is 3.22. The Labute approximate surface area is 167 Å². The molecule has 3 unspecified atom stereocenters. The highest BCUT2D eigenvalue weighted by molar-refractivity contribution is 7.07. The van der Waals surface area contributed by atoms with E-state index in [0.29, 0.717) is 18.0 Å². The van der Waals surface area contributed by atoms with E-state index in [1.54, 1.807) is 11.3 Å². The summed E-state index contributed by atoms with van der Waals surface area (Å²) in [5.41, 5.74) is 2.79. The van der Waals surface area contributed by atoms with Crippen molar-refractivity contribution in [2.75, 3.05) is 20.1 Å². The number of likely N-dealkylation sites (tertiary alicyclic amines) is 1. The van der Waals surface area contributed by atoms with Crippen LogP contribution in [0, 0.1) is 0 Å². The van der Waals surface area contributed by atoms with E-state index in [0.717, 1.165) is 38.4 Å². The van der Waals surface area contributed by atoms with Gasteiger partial charge in [0.15, 0.2) is 5.96 Å². The van der Waals surface area contributed by atoms with Gasteiger partial charge in [-0.1, -0.05) is 37.3 Å². The smallest absolute Gasteiger partial charge is 0.191 e. The molecule has 3 rings (SSSR count). The van der Waals surface area contributed by atoms with Gasteiger partial charge in [-0.05, 0) is 53.6 Å². The van der Waals surface area contributed by atoms with Crippen LogP contribution in [0.25, 0.3) is 0 Å². The number of piperidine rings is 1. The maximum absolute atomic E-state index is 4.43. The Bertz CT molecular complexity index is 698. The molecule has 1 aliphatic heterocycles. The predicted molar refractivity (Wildman–Crippen MR) is 117 cm³/mol. The molecule has 1 aromatic carbocycles. The quantitative estimate of drug-likeness (QED) is 0.583. The molecule has 2 aromatic rings. The van der Waals surface area contributed by atoms with Crippen molar-refractivity contribution in [3.8, 4) is 0 Å². The van der Waals surface area contributed by atoms with E-state index >= 15 is 0 Å². The molecular weight excluding hydrogens is 352 g/mol. The molecule has 0 bridgehead atoms. The van der Waals surface area contributed by atoms with Crippen LogP contribution in [-0.2, 0) is 6.54 Å². The molecule has 0 saturated carbocycles. The Morgan fingerprint density at radius 3 is 2.78 bits per heavy atom. The van der Waals surface area contributed by atoms with E-state index in [1.807, 2.05) is 7.05 Å². The van der Waals surface area contributed by atoms with Gasteiger partial charge in [-0.25, -0.2) is 0 Å². The van der Waals surface area contributed by atoms with Gasteiger partial charge in [-0.3, -0.25) is 9.89 Å². The van der Waals surface area contributed by atoms with Crippen LogP contribution in [-0.4, -0.2) is 43.1 Å². The summed E-state index contributed by atoms with van der Waals surface area (Å²) in [5.74, 6) is 1.41. The molecule has 1 saturated heterocycles. The molecule has 3 atom stereocenters. The zero-order valence-corrected chi connectivity index (χ0v) is 17.5. The molecule has 1 aliphatic rings. The molecule has 1 fully saturated rings. The minimum absolute atomic E-state index is 0.481. The normalized spacial score (nSPS) is 22.4. The number of nitrogens with one attached hydrogen (secondary N) is 2. The number of rotatable bonds is 6. The Morgan fingerprint density at radius 2 is 2.11 bits per heavy atom. The van der Waals surface area contributed by atoms with Crippen molar-refractivity contribution in [3.05, 3.63) is 58.3 Å². The zero-order valence-electron chi connectivity index (χ0n) is 16.7. The largest absolute Gasteiger partial charge is 0.356 e. The van der Waals surface area contributed by atoms with Crippen molar-refractivity contribution in [2.45, 2.75) is 51.2 Å². The third-order valence-electron chi connectivity index (χ3n) is 5.49. The SMILES string of the molecule is CN=C(NCC(C)c1ccsc1)NC1CCN(Cc2ccccc2)C(C)C1. The van der Waals surface area contributed by atoms with E-state index in [2.05, 4.69) is 81.5 Å². The van der Waals surface area contributed by atoms with Gasteiger partial charge in [0.1, 0.15) is 0 Å². The minimum Gasteiger partial charge on any atom is -0.356 e. The molecule has 0 spiro atoms. The molecule has 0 aliphatic carbocycles. The first kappa shape index (κ1) is 19.9. The van der Waals surface area contributed by atoms with E-state index in [9.17, 15) is 0 Å². The van der Waals surface area contributed by atoms with Gasteiger partial charge in [-0.15, -0.1) is 0 Å². The van der Waals surface area contributed by atoms with E-state index in [4.69, 9.17) is 0 Å². The van der Waals surface area contributed by atoms with Crippen LogP contribution in [0.1, 0.15) is 43.7 Å². The fraction of sp³-hybridized carbons (Fsp3) is 0.500. The van der Waals surface area contributed by atoms with E-state index in [-0.39, 0.29) is 0 Å². The fourth-order valence-electron chi connectivity index (χ4n) is 3.72. The summed E-state index contributed by atoms with van der Waals surface area (Å²) in [6, 6.07) is 14.0. The summed E-state index contributed by atoms with van der Waals surface area (Å²) in [4.78, 5) is 7.02. The van der Waals surface area contributed by atoms with Gasteiger partial charge in [0.25, 0.3) is 0 Å². The first-order valence-corrected chi connectivity index (χ1v) is 10.9. The lowest BCUT2D eigenvalue weighted by Crippen LogP contribution is -2.51. The van der Waals surface area contributed by atoms with Crippen molar-refractivity contribution < 1.29 is 0 Å². The first-order chi connectivity index (χ1) is 13.2. The lowest BCUT2D eigenvalue weighted by Gasteiger charge is -2.38. The molecular formula is C22H32N4S. The van der Waals surface area contributed by atoms with Crippen LogP contribution >= 0.6 is 11.3 Å². The molecule has 1 aromatic heterocycles. The van der Waals surface area contributed by atoms with E-state index < -0.39 is 0 Å². The number of hydrogen-bond acceptors (Lipinski definition) is 3. The molecule has 27 heavy (non-hydrogen) atoms. The topological polar surface area (TPSA) is 39.7 Å². The Balaban J connectivity index is 1.45. The van der Waals surface area contributed by atoms with Gasteiger partial charge in [-0.2, -0.15) is 11.3 Å². The number of thiophene rings is 1. The summed E-state index contributed by atoms with van der Waals surface area (Å²) >= 11 is 1.76. The molecule has 2 heterocycles. The second kappa shape index (κ2) is 9.90. The van der Waals surface area contributed by atoms with E-state index in [1.165, 1.54) is 11.1 Å². The van der Waals surface area contributed by atoms with Crippen LogP contribution in [0.3, 0.4) is 0 Å². The summed E-state index contributed by atoms with van der Waals surface area (Å²) in [7, 11) is 1.86. The van der Waals surface area contributed by atoms with Crippen molar-refractivity contribution in [2.24, 2.45) is 4.99 Å². The third-order valence-corrected chi connectivity index (χ3v) is 6.20. The summed E-state index contributed by atoms with van der Waals surface area (Å²) < 4.78 is 0. The molecule has 0 radical (unpaired) electrons. The van der Waals surface area contributed by atoms with Crippen molar-refractivity contribution in [3.63, 3.8) is 0 Å². The number of nitrogens with zero attached hydrogens (tertiary/aromatic N) is 2. The summed E-state index contributed by atoms with van der Waals surface area (Å²) in [6.45, 7) is 7.66. The Hall–Kier alpha value is -1.85. The van der Waals surface area contributed by atoms with Crippen molar-refractivity contribution >= 4 is 17.3 Å². The summed E-state index contributed by atoms with van der Waals surface area (Å²) in [6.07, 6.45) is 2.30. The molecule has 146 valence electrons. The zero-order chi connectivity index (χ0) is 19.1. The van der Waals surface area contributed by atoms with Crippen LogP contribution in [0.4, 0.5) is 0 Å². The number of aliphatic imine (C=N–C) groups is 1. The second-order valence-electron chi connectivity index (χ2n) is 7.58. The molecule has 2 N–H and O–H groups in total. The van der Waals surface area contributed by atoms with Crippen molar-refractivity contribution in [1.29, 1.82) is 0 Å². The van der Waals surface area contributed by atoms with Crippen LogP contribution < -0.4 is 10.6 Å². The first-order valence-electron chi connectivity index (χ1n) is 9.93. The maximum atomic E-state index is 4.43. The number of guanidine groups is 1. The van der Waals surface area contributed by atoms with Crippen LogP contribution in [0.2, 0.25) is 0 Å². The highest BCUT2D eigenvalue weighted by atomic mass is 32.1.